The average molecular weight is 628 g/mol. The number of nitriles is 1. The summed E-state index contributed by atoms with van der Waals surface area (Å²) < 4.78 is 11.2. The summed E-state index contributed by atoms with van der Waals surface area (Å²) in [6.45, 7) is 3.94. The average Bonchev–Trinajstić information content (AvgIpc) is 3.15. The van der Waals surface area contributed by atoms with Crippen molar-refractivity contribution in [1.82, 2.24) is 10.2 Å². The minimum absolute atomic E-state index is 0.0191. The van der Waals surface area contributed by atoms with Crippen molar-refractivity contribution in [2.45, 2.75) is 51.4 Å². The van der Waals surface area contributed by atoms with Crippen molar-refractivity contribution in [1.29, 1.82) is 5.26 Å². The van der Waals surface area contributed by atoms with Crippen LogP contribution in [0.5, 0.6) is 5.75 Å². The summed E-state index contributed by atoms with van der Waals surface area (Å²) in [6, 6.07) is 15.1. The summed E-state index contributed by atoms with van der Waals surface area (Å²) in [6.07, 6.45) is -0.338. The molecule has 12 nitrogen and oxygen atoms in total. The smallest absolute Gasteiger partial charge is 0.407 e. The molecule has 12 heteroatoms. The molecule has 0 aliphatic carbocycles. The summed E-state index contributed by atoms with van der Waals surface area (Å²) in [5.74, 6) is -1.30. The van der Waals surface area contributed by atoms with Gasteiger partial charge in [-0.05, 0) is 61.7 Å². The number of nitrogens with zero attached hydrogens (tertiary/aromatic N) is 4. The van der Waals surface area contributed by atoms with Crippen LogP contribution >= 0.6 is 0 Å². The van der Waals surface area contributed by atoms with Crippen molar-refractivity contribution < 1.29 is 33.8 Å². The molecule has 0 unspecified atom stereocenters. The molecule has 2 N–H and O–H groups in total. The lowest BCUT2D eigenvalue weighted by Crippen LogP contribution is -2.60. The van der Waals surface area contributed by atoms with Crippen molar-refractivity contribution in [3.63, 3.8) is 0 Å². The first-order valence-electron chi connectivity index (χ1n) is 15.1. The summed E-state index contributed by atoms with van der Waals surface area (Å²) in [5.41, 5.74) is 1.76. The summed E-state index contributed by atoms with van der Waals surface area (Å²) >= 11 is 0. The number of benzene rings is 3. The molecule has 0 bridgehead atoms. The second-order valence-corrected chi connectivity index (χ2v) is 11.6. The van der Waals surface area contributed by atoms with Crippen LogP contribution in [0.3, 0.4) is 0 Å². The number of rotatable bonds is 7. The molecule has 3 aromatic carbocycles. The normalized spacial score (nSPS) is 19.1. The Morgan fingerprint density at radius 1 is 1.13 bits per heavy atom. The van der Waals surface area contributed by atoms with Crippen LogP contribution in [0.4, 0.5) is 16.2 Å². The quantitative estimate of drug-likeness (QED) is 0.400. The van der Waals surface area contributed by atoms with Crippen LogP contribution in [0, 0.1) is 17.2 Å². The molecule has 240 valence electrons. The molecule has 3 aromatic rings. The van der Waals surface area contributed by atoms with Gasteiger partial charge in [-0.15, -0.1) is 0 Å². The van der Waals surface area contributed by atoms with E-state index in [9.17, 15) is 29.5 Å². The molecule has 2 aliphatic rings. The maximum atomic E-state index is 14.7. The van der Waals surface area contributed by atoms with E-state index in [-0.39, 0.29) is 12.5 Å². The Morgan fingerprint density at radius 3 is 2.52 bits per heavy atom. The molecule has 0 radical (unpaired) electrons. The van der Waals surface area contributed by atoms with Gasteiger partial charge in [0.25, 0.3) is 5.91 Å². The predicted molar refractivity (Wildman–Crippen MR) is 171 cm³/mol. The molecule has 4 amide bonds. The van der Waals surface area contributed by atoms with Gasteiger partial charge in [0.05, 0.1) is 42.7 Å². The van der Waals surface area contributed by atoms with E-state index in [1.807, 2.05) is 36.4 Å². The number of likely N-dealkylation sites (N-methyl/N-ethyl adjacent to an activating group) is 1. The van der Waals surface area contributed by atoms with Gasteiger partial charge in [-0.3, -0.25) is 19.3 Å². The Morgan fingerprint density at radius 2 is 1.85 bits per heavy atom. The summed E-state index contributed by atoms with van der Waals surface area (Å²) in [4.78, 5) is 58.1. The molecule has 0 spiro atoms. The van der Waals surface area contributed by atoms with Gasteiger partial charge in [0.1, 0.15) is 17.8 Å². The van der Waals surface area contributed by atoms with E-state index < -0.39 is 42.0 Å². The summed E-state index contributed by atoms with van der Waals surface area (Å²) in [7, 11) is 2.81. The van der Waals surface area contributed by atoms with E-state index in [4.69, 9.17) is 9.47 Å². The zero-order valence-corrected chi connectivity index (χ0v) is 26.2. The maximum absolute atomic E-state index is 14.7. The lowest BCUT2D eigenvalue weighted by atomic mass is 9.96. The van der Waals surface area contributed by atoms with E-state index in [1.165, 1.54) is 23.8 Å². The minimum atomic E-state index is -1.31. The molecule has 5 rings (SSSR count). The van der Waals surface area contributed by atoms with E-state index in [1.54, 1.807) is 32.2 Å². The molecule has 0 aromatic heterocycles. The Kier molecular flexibility index (Phi) is 9.44. The van der Waals surface area contributed by atoms with E-state index >= 15 is 0 Å². The predicted octanol–water partition coefficient (Wildman–Crippen LogP) is 3.90. The lowest BCUT2D eigenvalue weighted by Gasteiger charge is -2.36. The number of amides is 4. The van der Waals surface area contributed by atoms with E-state index in [0.29, 0.717) is 54.3 Å². The van der Waals surface area contributed by atoms with Gasteiger partial charge in [-0.2, -0.15) is 5.26 Å². The number of hydrogen-bond acceptors (Lipinski definition) is 7. The third-order valence-corrected chi connectivity index (χ3v) is 8.98. The Labute approximate surface area is 267 Å². The Hall–Kier alpha value is -5.15. The zero-order valence-electron chi connectivity index (χ0n) is 26.2. The zero-order chi connectivity index (χ0) is 33.1. The molecular formula is C34H37N5O7. The molecule has 3 atom stereocenters. The van der Waals surface area contributed by atoms with Crippen LogP contribution in [0.25, 0.3) is 10.8 Å². The van der Waals surface area contributed by atoms with Crippen molar-refractivity contribution in [2.24, 2.45) is 5.92 Å². The molecule has 2 heterocycles. The number of hydrogen-bond donors (Lipinski definition) is 2. The first kappa shape index (κ1) is 32.2. The summed E-state index contributed by atoms with van der Waals surface area (Å²) in [5, 5.41) is 23.9. The van der Waals surface area contributed by atoms with Crippen LogP contribution in [0.2, 0.25) is 0 Å². The highest BCUT2D eigenvalue weighted by Crippen LogP contribution is 2.40. The van der Waals surface area contributed by atoms with Crippen LogP contribution in [0.1, 0.15) is 37.8 Å². The highest BCUT2D eigenvalue weighted by Gasteiger charge is 2.44. The van der Waals surface area contributed by atoms with Gasteiger partial charge in [-0.25, -0.2) is 4.79 Å². The van der Waals surface area contributed by atoms with E-state index in [2.05, 4.69) is 11.4 Å². The van der Waals surface area contributed by atoms with Crippen LogP contribution in [-0.2, 0) is 25.7 Å². The number of fused-ring (bicyclic) bond motifs is 2. The Bertz CT molecular complexity index is 1710. The third kappa shape index (κ3) is 6.06. The van der Waals surface area contributed by atoms with Crippen molar-refractivity contribution in [3.8, 4) is 11.8 Å². The number of nitrogens with one attached hydrogen (secondary N) is 1. The SMILES string of the molecule is COc1ccc2ccccc2c1CN1C(=O)[C@@H](NC(=O)[C@H](C)N(C)C(=O)O)[C@H](C)N(C(=O)C2CCOCC2)c2cc(C#N)ccc21. The van der Waals surface area contributed by atoms with Gasteiger partial charge >= 0.3 is 6.09 Å². The molecule has 46 heavy (non-hydrogen) atoms. The number of carboxylic acid groups (broad SMARTS) is 1. The largest absolute Gasteiger partial charge is 0.496 e. The van der Waals surface area contributed by atoms with Crippen LogP contribution in [-0.4, -0.2) is 79.3 Å². The standard InChI is InChI=1S/C34H37N5O7/c1-20-30(36-31(40)21(2)37(3)34(43)44)33(42)38(19-26-25-8-6-5-7-23(25)10-12-29(26)45-4)27-11-9-22(18-35)17-28(27)39(20)32(41)24-13-15-46-16-14-24/h5-12,17,20-21,24,30H,13-16,19H2,1-4H3,(H,36,40)(H,43,44)/t20-,21-,30-/m0/s1. The van der Waals surface area contributed by atoms with Gasteiger partial charge < -0.3 is 29.7 Å². The number of anilines is 2. The highest BCUT2D eigenvalue weighted by molar-refractivity contribution is 6.10. The topological polar surface area (TPSA) is 153 Å². The van der Waals surface area contributed by atoms with Crippen molar-refractivity contribution in [3.05, 3.63) is 65.7 Å². The van der Waals surface area contributed by atoms with Gasteiger partial charge in [0, 0.05) is 31.7 Å². The fraction of sp³-hybridized carbons (Fsp3) is 0.382. The molecular weight excluding hydrogens is 590 g/mol. The second-order valence-electron chi connectivity index (χ2n) is 11.6. The number of methoxy groups -OCH3 is 1. The first-order valence-corrected chi connectivity index (χ1v) is 15.1. The van der Waals surface area contributed by atoms with Gasteiger partial charge in [-0.1, -0.05) is 30.3 Å². The number of carbonyl (C=O) groups excluding carboxylic acids is 3. The monoisotopic (exact) mass is 627 g/mol. The first-order chi connectivity index (χ1) is 22.1. The second kappa shape index (κ2) is 13.5. The highest BCUT2D eigenvalue weighted by atomic mass is 16.5. The fourth-order valence-electron chi connectivity index (χ4n) is 6.13. The number of carbonyl (C=O) groups is 4. The van der Waals surface area contributed by atoms with Gasteiger partial charge in [0.15, 0.2) is 0 Å². The van der Waals surface area contributed by atoms with Crippen LogP contribution < -0.4 is 19.9 Å². The van der Waals surface area contributed by atoms with Crippen LogP contribution in [0.15, 0.2) is 54.6 Å². The van der Waals surface area contributed by atoms with Crippen molar-refractivity contribution >= 4 is 46.0 Å². The molecule has 1 fully saturated rings. The third-order valence-electron chi connectivity index (χ3n) is 8.98. The minimum Gasteiger partial charge on any atom is -0.496 e. The molecule has 2 aliphatic heterocycles. The van der Waals surface area contributed by atoms with Gasteiger partial charge in [0.2, 0.25) is 11.8 Å². The van der Waals surface area contributed by atoms with E-state index in [0.717, 1.165) is 15.7 Å². The Balaban J connectivity index is 1.68. The maximum Gasteiger partial charge on any atom is 0.407 e. The van der Waals surface area contributed by atoms with Crippen molar-refractivity contribution in [2.75, 3.05) is 37.2 Å². The fourth-order valence-corrected chi connectivity index (χ4v) is 6.13. The molecule has 0 saturated carbocycles. The lowest BCUT2D eigenvalue weighted by molar-refractivity contribution is -0.131. The number of ether oxygens (including phenoxy) is 2. The molecule has 1 saturated heterocycles.